The number of nitrogens with zero attached hydrogens (tertiary/aromatic N) is 5. The molecule has 3 heterocycles. The van der Waals surface area contributed by atoms with Gasteiger partial charge in [-0.25, -0.2) is 14.6 Å². The molecule has 0 radical (unpaired) electrons. The predicted molar refractivity (Wildman–Crippen MR) is 137 cm³/mol. The Labute approximate surface area is 206 Å². The lowest BCUT2D eigenvalue weighted by Crippen LogP contribution is -2.40. The number of phenolic OH excluding ortho intramolecular Hbond substituents is 1. The van der Waals surface area contributed by atoms with Crippen LogP contribution in [0.1, 0.15) is 11.6 Å². The first kappa shape index (κ1) is 22.8. The summed E-state index contributed by atoms with van der Waals surface area (Å²) in [6.45, 7) is 7.42. The van der Waals surface area contributed by atoms with Crippen LogP contribution in [0.2, 0.25) is 0 Å². The first-order valence-electron chi connectivity index (χ1n) is 11.2. The number of aromatic hydroxyl groups is 1. The maximum absolute atomic E-state index is 12.7. The smallest absolute Gasteiger partial charge is 0.250 e. The number of nitrogens with one attached hydrogen (secondary N) is 1. The van der Waals surface area contributed by atoms with Crippen molar-refractivity contribution in [3.63, 3.8) is 0 Å². The van der Waals surface area contributed by atoms with Crippen molar-refractivity contribution >= 4 is 40.0 Å². The molecule has 0 saturated heterocycles. The Morgan fingerprint density at radius 3 is 2.69 bits per heavy atom. The van der Waals surface area contributed by atoms with Gasteiger partial charge in [0.05, 0.1) is 17.1 Å². The summed E-state index contributed by atoms with van der Waals surface area (Å²) < 4.78 is 1.76. The van der Waals surface area contributed by atoms with E-state index in [1.807, 2.05) is 24.3 Å². The van der Waals surface area contributed by atoms with Crippen molar-refractivity contribution in [3.8, 4) is 17.0 Å². The molecule has 0 spiro atoms. The zero-order valence-electron chi connectivity index (χ0n) is 19.3. The Bertz CT molecular complexity index is 1540. The average molecular weight is 482 g/mol. The van der Waals surface area contributed by atoms with Crippen LogP contribution in [0, 0.1) is 0 Å². The van der Waals surface area contributed by atoms with E-state index >= 15 is 0 Å². The SMILES string of the molecule is C=CC(=O)Nc1ccc(-c2nn(C3Cc4ccccc4N(C(=O)C=C)C3)c3ncnc(N)c23)cc1O. The molecule has 180 valence electrons. The molecule has 0 aliphatic carbocycles. The van der Waals surface area contributed by atoms with E-state index in [2.05, 4.69) is 28.4 Å². The Morgan fingerprint density at radius 1 is 1.14 bits per heavy atom. The van der Waals surface area contributed by atoms with Gasteiger partial charge in [0.2, 0.25) is 11.8 Å². The lowest BCUT2D eigenvalue weighted by Gasteiger charge is -2.34. The highest BCUT2D eigenvalue weighted by molar-refractivity contribution is 6.03. The molecule has 1 aliphatic rings. The van der Waals surface area contributed by atoms with Crippen molar-refractivity contribution < 1.29 is 14.7 Å². The fraction of sp³-hybridized carbons (Fsp3) is 0.115. The van der Waals surface area contributed by atoms with Crippen molar-refractivity contribution in [1.82, 2.24) is 19.7 Å². The van der Waals surface area contributed by atoms with Gasteiger partial charge in [-0.3, -0.25) is 9.59 Å². The Morgan fingerprint density at radius 2 is 1.94 bits per heavy atom. The normalized spacial score (nSPS) is 14.8. The summed E-state index contributed by atoms with van der Waals surface area (Å²) in [5.41, 5.74) is 9.86. The quantitative estimate of drug-likeness (QED) is 0.294. The third kappa shape index (κ3) is 3.84. The third-order valence-electron chi connectivity index (χ3n) is 6.15. The van der Waals surface area contributed by atoms with E-state index in [0.717, 1.165) is 17.3 Å². The monoisotopic (exact) mass is 481 g/mol. The maximum atomic E-state index is 12.7. The van der Waals surface area contributed by atoms with Crippen LogP contribution in [0.4, 0.5) is 17.2 Å². The molecule has 5 rings (SSSR count). The van der Waals surface area contributed by atoms with E-state index in [9.17, 15) is 14.7 Å². The highest BCUT2D eigenvalue weighted by Gasteiger charge is 2.31. The highest BCUT2D eigenvalue weighted by atomic mass is 16.3. The van der Waals surface area contributed by atoms with Gasteiger partial charge >= 0.3 is 0 Å². The number of aromatic nitrogens is 4. The zero-order chi connectivity index (χ0) is 25.4. The molecule has 1 atom stereocenters. The van der Waals surface area contributed by atoms with E-state index in [1.165, 1.54) is 18.5 Å². The summed E-state index contributed by atoms with van der Waals surface area (Å²) >= 11 is 0. The summed E-state index contributed by atoms with van der Waals surface area (Å²) in [5, 5.41) is 18.4. The summed E-state index contributed by atoms with van der Waals surface area (Å²) in [5.74, 6) is -0.558. The van der Waals surface area contributed by atoms with Crippen LogP contribution < -0.4 is 16.0 Å². The number of para-hydroxylation sites is 1. The van der Waals surface area contributed by atoms with Crippen LogP contribution in [-0.4, -0.2) is 43.2 Å². The second-order valence-electron chi connectivity index (χ2n) is 8.32. The standard InChI is InChI=1S/C26H23N7O3/c1-3-21(35)30-18-10-9-16(12-20(18)34)24-23-25(27)28-14-29-26(23)33(31-24)17-11-15-7-5-6-8-19(15)32(13-17)22(36)4-2/h3-10,12,14,17,34H,1-2,11,13H2,(H,30,35)(H2,27,28,29). The van der Waals surface area contributed by atoms with Crippen LogP contribution in [0.25, 0.3) is 22.3 Å². The van der Waals surface area contributed by atoms with Crippen molar-refractivity contribution in [3.05, 3.63) is 79.7 Å². The molecule has 2 aromatic heterocycles. The number of rotatable bonds is 5. The van der Waals surface area contributed by atoms with Crippen molar-refractivity contribution in [2.45, 2.75) is 12.5 Å². The molecule has 36 heavy (non-hydrogen) atoms. The summed E-state index contributed by atoms with van der Waals surface area (Å²) in [4.78, 5) is 34.6. The molecule has 2 aromatic carbocycles. The Hall–Kier alpha value is -4.99. The van der Waals surface area contributed by atoms with Gasteiger partial charge in [0.25, 0.3) is 0 Å². The molecule has 10 heteroatoms. The lowest BCUT2D eigenvalue weighted by molar-refractivity contribution is -0.114. The molecule has 1 unspecified atom stereocenters. The minimum atomic E-state index is -0.443. The Balaban J connectivity index is 1.62. The number of hydrogen-bond acceptors (Lipinski definition) is 7. The highest BCUT2D eigenvalue weighted by Crippen LogP contribution is 2.38. The van der Waals surface area contributed by atoms with Crippen LogP contribution in [0.5, 0.6) is 5.75 Å². The summed E-state index contributed by atoms with van der Waals surface area (Å²) in [6, 6.07) is 12.2. The molecule has 0 saturated carbocycles. The van der Waals surface area contributed by atoms with E-state index in [-0.39, 0.29) is 29.2 Å². The molecular formula is C26H23N7O3. The van der Waals surface area contributed by atoms with Crippen LogP contribution in [0.15, 0.2) is 74.1 Å². The maximum Gasteiger partial charge on any atom is 0.250 e. The van der Waals surface area contributed by atoms with Gasteiger partial charge in [-0.2, -0.15) is 5.10 Å². The minimum Gasteiger partial charge on any atom is -0.506 e. The van der Waals surface area contributed by atoms with E-state index in [4.69, 9.17) is 10.8 Å². The fourth-order valence-electron chi connectivity index (χ4n) is 4.48. The zero-order valence-corrected chi connectivity index (χ0v) is 19.3. The number of amides is 2. The van der Waals surface area contributed by atoms with Gasteiger partial charge < -0.3 is 21.1 Å². The fourth-order valence-corrected chi connectivity index (χ4v) is 4.48. The first-order chi connectivity index (χ1) is 17.4. The summed E-state index contributed by atoms with van der Waals surface area (Å²) in [6.07, 6.45) is 4.40. The molecule has 0 bridgehead atoms. The molecule has 0 fully saturated rings. The second kappa shape index (κ2) is 8.99. The topological polar surface area (TPSA) is 139 Å². The average Bonchev–Trinajstić information content (AvgIpc) is 3.29. The van der Waals surface area contributed by atoms with Gasteiger partial charge in [-0.05, 0) is 42.3 Å². The number of carbonyl (C=O) groups excluding carboxylic acids is 2. The molecule has 2 amide bonds. The van der Waals surface area contributed by atoms with E-state index in [1.54, 1.807) is 21.7 Å². The largest absolute Gasteiger partial charge is 0.506 e. The number of anilines is 3. The number of hydrogen-bond donors (Lipinski definition) is 3. The number of nitrogens with two attached hydrogens (primary N) is 1. The van der Waals surface area contributed by atoms with Gasteiger partial charge in [0.15, 0.2) is 5.65 Å². The van der Waals surface area contributed by atoms with Crippen molar-refractivity contribution in [2.75, 3.05) is 22.5 Å². The third-order valence-corrected chi connectivity index (χ3v) is 6.15. The van der Waals surface area contributed by atoms with Crippen LogP contribution >= 0.6 is 0 Å². The predicted octanol–water partition coefficient (Wildman–Crippen LogP) is 3.22. The Kier molecular flexibility index (Phi) is 5.69. The molecule has 10 nitrogen and oxygen atoms in total. The number of carbonyl (C=O) groups is 2. The van der Waals surface area contributed by atoms with Crippen molar-refractivity contribution in [1.29, 1.82) is 0 Å². The lowest BCUT2D eigenvalue weighted by atomic mass is 9.97. The number of phenols is 1. The molecular weight excluding hydrogens is 458 g/mol. The van der Waals surface area contributed by atoms with Crippen LogP contribution in [-0.2, 0) is 16.0 Å². The molecule has 4 N–H and O–H groups in total. The van der Waals surface area contributed by atoms with Crippen molar-refractivity contribution in [2.24, 2.45) is 0 Å². The second-order valence-corrected chi connectivity index (χ2v) is 8.32. The van der Waals surface area contributed by atoms with Gasteiger partial charge in [0.1, 0.15) is 23.6 Å². The number of benzene rings is 2. The van der Waals surface area contributed by atoms with Gasteiger partial charge in [-0.15, -0.1) is 0 Å². The van der Waals surface area contributed by atoms with Crippen LogP contribution in [0.3, 0.4) is 0 Å². The van der Waals surface area contributed by atoms with E-state index in [0.29, 0.717) is 35.3 Å². The molecule has 1 aliphatic heterocycles. The van der Waals surface area contributed by atoms with Gasteiger partial charge in [-0.1, -0.05) is 37.4 Å². The molecule has 4 aromatic rings. The van der Waals surface area contributed by atoms with E-state index < -0.39 is 5.91 Å². The number of fused-ring (bicyclic) bond motifs is 2. The summed E-state index contributed by atoms with van der Waals surface area (Å²) in [7, 11) is 0. The van der Waals surface area contributed by atoms with Gasteiger partial charge in [0, 0.05) is 17.8 Å². The number of nitrogen functional groups attached to an aromatic ring is 1. The minimum absolute atomic E-state index is 0.143. The first-order valence-corrected chi connectivity index (χ1v) is 11.2.